The van der Waals surface area contributed by atoms with Gasteiger partial charge in [0.15, 0.2) is 0 Å². The van der Waals surface area contributed by atoms with Crippen LogP contribution in [0.25, 0.3) is 0 Å². The second-order valence-electron chi connectivity index (χ2n) is 13.6. The maximum Gasteiger partial charge on any atom is 0.337 e. The Morgan fingerprint density at radius 3 is 2.00 bits per heavy atom. The highest BCUT2D eigenvalue weighted by molar-refractivity contribution is 7.53. The fourth-order valence-corrected chi connectivity index (χ4v) is 7.11. The summed E-state index contributed by atoms with van der Waals surface area (Å²) in [5, 5.41) is 12.3. The first kappa shape index (κ1) is 36.2. The molecule has 13 nitrogen and oxygen atoms in total. The maximum absolute atomic E-state index is 14.1. The minimum Gasteiger partial charge on any atom is -0.480 e. The molecular formula is C31H45N2O11P. The number of nitrogens with one attached hydrogen (secondary N) is 1. The van der Waals surface area contributed by atoms with Gasteiger partial charge in [-0.1, -0.05) is 31.0 Å². The summed E-state index contributed by atoms with van der Waals surface area (Å²) in [7, 11) is -4.25. The molecule has 1 heterocycles. The molecule has 3 rings (SSSR count). The zero-order valence-corrected chi connectivity index (χ0v) is 27.8. The van der Waals surface area contributed by atoms with E-state index in [0.29, 0.717) is 37.8 Å². The number of hydrogen-bond acceptors (Lipinski definition) is 10. The first-order valence-electron chi connectivity index (χ1n) is 15.0. The monoisotopic (exact) mass is 652 g/mol. The van der Waals surface area contributed by atoms with Crippen molar-refractivity contribution in [3.8, 4) is 0 Å². The summed E-state index contributed by atoms with van der Waals surface area (Å²) in [6.07, 6.45) is 2.08. The van der Waals surface area contributed by atoms with Gasteiger partial charge in [0.1, 0.15) is 12.6 Å². The van der Waals surface area contributed by atoms with Crippen molar-refractivity contribution in [1.29, 1.82) is 0 Å². The third-order valence-corrected chi connectivity index (χ3v) is 9.78. The van der Waals surface area contributed by atoms with E-state index in [1.165, 1.54) is 0 Å². The van der Waals surface area contributed by atoms with Crippen LogP contribution in [0.15, 0.2) is 24.3 Å². The number of carbonyl (C=O) groups excluding carboxylic acids is 4. The smallest absolute Gasteiger partial charge is 0.337 e. The summed E-state index contributed by atoms with van der Waals surface area (Å²) < 4.78 is 35.4. The van der Waals surface area contributed by atoms with Gasteiger partial charge < -0.3 is 19.9 Å². The molecule has 0 bridgehead atoms. The van der Waals surface area contributed by atoms with Crippen LogP contribution in [0.3, 0.4) is 0 Å². The van der Waals surface area contributed by atoms with Crippen LogP contribution in [0.5, 0.6) is 0 Å². The number of carboxylic acid groups (broad SMARTS) is 1. The number of esters is 2. The van der Waals surface area contributed by atoms with E-state index in [1.807, 2.05) is 6.07 Å². The summed E-state index contributed by atoms with van der Waals surface area (Å²) in [6, 6.07) is 5.95. The predicted molar refractivity (Wildman–Crippen MR) is 163 cm³/mol. The Hall–Kier alpha value is -3.28. The third kappa shape index (κ3) is 9.61. The number of fused-ring (bicyclic) bond motifs is 1. The van der Waals surface area contributed by atoms with Gasteiger partial charge in [-0.05, 0) is 78.9 Å². The Morgan fingerprint density at radius 1 is 0.956 bits per heavy atom. The van der Waals surface area contributed by atoms with Gasteiger partial charge in [-0.2, -0.15) is 0 Å². The quantitative estimate of drug-likeness (QED) is 0.186. The average Bonchev–Trinajstić information content (AvgIpc) is 3.37. The summed E-state index contributed by atoms with van der Waals surface area (Å²) in [5.74, 6) is -3.54. The van der Waals surface area contributed by atoms with Gasteiger partial charge in [0, 0.05) is 5.69 Å². The Morgan fingerprint density at radius 2 is 1.49 bits per heavy atom. The summed E-state index contributed by atoms with van der Waals surface area (Å²) in [6.45, 7) is 7.81. The molecule has 1 unspecified atom stereocenters. The van der Waals surface area contributed by atoms with Crippen LogP contribution < -0.4 is 10.2 Å². The fourth-order valence-electron chi connectivity index (χ4n) is 5.22. The topological polar surface area (TPSA) is 175 Å². The number of carboxylic acids is 1. The van der Waals surface area contributed by atoms with Crippen LogP contribution in [0.1, 0.15) is 79.2 Å². The first-order chi connectivity index (χ1) is 20.9. The first-order valence-corrected chi connectivity index (χ1v) is 16.7. The predicted octanol–water partition coefficient (Wildman–Crippen LogP) is 4.42. The largest absolute Gasteiger partial charge is 0.480 e. The van der Waals surface area contributed by atoms with Gasteiger partial charge in [-0.3, -0.25) is 42.5 Å². The molecule has 2 aliphatic rings. The van der Waals surface area contributed by atoms with Crippen LogP contribution in [0, 0.1) is 16.2 Å². The molecule has 250 valence electrons. The lowest BCUT2D eigenvalue weighted by atomic mass is 9.87. The van der Waals surface area contributed by atoms with Gasteiger partial charge in [-0.25, -0.2) is 0 Å². The number of rotatable bonds is 12. The number of benzene rings is 1. The van der Waals surface area contributed by atoms with E-state index in [9.17, 15) is 33.6 Å². The normalized spacial score (nSPS) is 18.5. The van der Waals surface area contributed by atoms with Crippen molar-refractivity contribution < 1.29 is 52.2 Å². The van der Waals surface area contributed by atoms with Crippen LogP contribution in [0.4, 0.5) is 5.69 Å². The number of nitrogens with zero attached hydrogens (tertiary/aromatic N) is 1. The van der Waals surface area contributed by atoms with Crippen molar-refractivity contribution in [3.05, 3.63) is 29.8 Å². The van der Waals surface area contributed by atoms with Gasteiger partial charge in [0.05, 0.1) is 22.4 Å². The van der Waals surface area contributed by atoms with E-state index in [4.69, 9.17) is 18.5 Å². The minimum atomic E-state index is -4.25. The molecule has 45 heavy (non-hydrogen) atoms. The van der Waals surface area contributed by atoms with Crippen molar-refractivity contribution in [2.75, 3.05) is 31.2 Å². The average molecular weight is 653 g/mol. The second kappa shape index (κ2) is 14.4. The molecule has 1 aliphatic carbocycles. The van der Waals surface area contributed by atoms with Gasteiger partial charge in [0.2, 0.25) is 25.4 Å². The number of carbonyl (C=O) groups is 5. The zero-order valence-electron chi connectivity index (χ0n) is 26.9. The van der Waals surface area contributed by atoms with E-state index >= 15 is 0 Å². The molecule has 2 N–H and O–H groups in total. The van der Waals surface area contributed by atoms with E-state index in [2.05, 4.69) is 5.32 Å². The molecule has 1 aromatic carbocycles. The molecule has 0 spiro atoms. The minimum absolute atomic E-state index is 0.226. The van der Waals surface area contributed by atoms with Crippen molar-refractivity contribution in [2.45, 2.75) is 86.1 Å². The summed E-state index contributed by atoms with van der Waals surface area (Å²) in [5.41, 5.74) is -1.75. The SMILES string of the molecule is CC(C)(C)C(=O)OCOP(=O)(CC1(C(=O)NC2CCc3ccccc3N(CC(=O)O)C2=O)CCCC1)OCOC(=O)C(C)(C)C. The number of ether oxygens (including phenoxy) is 2. The lowest BCUT2D eigenvalue weighted by molar-refractivity contribution is -0.162. The molecule has 1 aliphatic heterocycles. The number of amides is 2. The van der Waals surface area contributed by atoms with Crippen LogP contribution in [-0.4, -0.2) is 67.2 Å². The Bertz CT molecular complexity index is 1290. The molecule has 14 heteroatoms. The molecule has 1 saturated carbocycles. The third-order valence-electron chi connectivity index (χ3n) is 7.79. The summed E-state index contributed by atoms with van der Waals surface area (Å²) >= 11 is 0. The number of aliphatic carboxylic acids is 1. The highest BCUT2D eigenvalue weighted by Crippen LogP contribution is 2.57. The van der Waals surface area contributed by atoms with Crippen LogP contribution in [-0.2, 0) is 53.5 Å². The maximum atomic E-state index is 14.1. The lowest BCUT2D eigenvalue weighted by Crippen LogP contribution is -2.53. The Kier molecular flexibility index (Phi) is 11.6. The van der Waals surface area contributed by atoms with Gasteiger partial charge in [-0.15, -0.1) is 0 Å². The van der Waals surface area contributed by atoms with E-state index < -0.39 is 85.9 Å². The molecule has 1 aromatic rings. The summed E-state index contributed by atoms with van der Waals surface area (Å²) in [4.78, 5) is 65.0. The van der Waals surface area contributed by atoms with E-state index in [1.54, 1.807) is 59.7 Å². The molecule has 0 aromatic heterocycles. The standard InChI is InChI=1S/C31H45N2O11P/c1-29(2,3)27(38)41-19-43-45(40,44-20-42-28(39)30(4,5)6)18-31(15-9-10-16-31)26(37)32-22-14-13-21-11-7-8-12-23(21)33(25(22)36)17-24(34)35/h7-8,11-12,22H,9-10,13-20H2,1-6H3,(H,32,37)(H,34,35). The van der Waals surface area contributed by atoms with Crippen LogP contribution in [0.2, 0.25) is 0 Å². The van der Waals surface area contributed by atoms with Gasteiger partial charge in [0.25, 0.3) is 0 Å². The molecular weight excluding hydrogens is 607 g/mol. The Balaban J connectivity index is 1.83. The van der Waals surface area contributed by atoms with Crippen molar-refractivity contribution in [1.82, 2.24) is 5.32 Å². The molecule has 0 radical (unpaired) electrons. The molecule has 1 atom stereocenters. The second-order valence-corrected chi connectivity index (χ2v) is 15.7. The van der Waals surface area contributed by atoms with Gasteiger partial charge >= 0.3 is 25.5 Å². The Labute approximate surface area is 263 Å². The highest BCUT2D eigenvalue weighted by Gasteiger charge is 2.49. The zero-order chi connectivity index (χ0) is 33.6. The van der Waals surface area contributed by atoms with Crippen molar-refractivity contribution in [3.63, 3.8) is 0 Å². The van der Waals surface area contributed by atoms with E-state index in [-0.39, 0.29) is 6.42 Å². The van der Waals surface area contributed by atoms with Crippen molar-refractivity contribution >= 4 is 43.0 Å². The molecule has 0 saturated heterocycles. The van der Waals surface area contributed by atoms with E-state index in [0.717, 1.165) is 10.5 Å². The van der Waals surface area contributed by atoms with Crippen molar-refractivity contribution in [2.24, 2.45) is 16.2 Å². The number of para-hydroxylation sites is 1. The number of hydrogen-bond donors (Lipinski definition) is 2. The van der Waals surface area contributed by atoms with Crippen LogP contribution >= 0.6 is 7.60 Å². The lowest BCUT2D eigenvalue weighted by Gasteiger charge is -2.33. The highest BCUT2D eigenvalue weighted by atomic mass is 31.2. The number of anilines is 1. The molecule has 1 fully saturated rings. The fraction of sp³-hybridized carbons (Fsp3) is 0.645. The molecule has 2 amide bonds. The number of aryl methyl sites for hydroxylation is 1.